The maximum atomic E-state index is 12.2. The zero-order chi connectivity index (χ0) is 17.6. The Morgan fingerprint density at radius 2 is 2.12 bits per heavy atom. The molecule has 25 heavy (non-hydrogen) atoms. The van der Waals surface area contributed by atoms with E-state index in [1.165, 1.54) is 12.8 Å². The first-order valence-electron chi connectivity index (χ1n) is 8.59. The van der Waals surface area contributed by atoms with E-state index in [9.17, 15) is 4.79 Å². The molecule has 0 unspecified atom stereocenters. The number of carbonyl (C=O) groups is 1. The zero-order valence-corrected chi connectivity index (χ0v) is 14.7. The molecule has 2 aromatic heterocycles. The molecule has 134 valence electrons. The first-order chi connectivity index (χ1) is 12.1. The predicted molar refractivity (Wildman–Crippen MR) is 97.8 cm³/mol. The van der Waals surface area contributed by atoms with Crippen molar-refractivity contribution in [2.24, 2.45) is 0 Å². The molecule has 1 aliphatic rings. The molecule has 3 rings (SSSR count). The second-order valence-corrected chi connectivity index (χ2v) is 6.41. The van der Waals surface area contributed by atoms with E-state index in [1.54, 1.807) is 12.5 Å². The molecule has 1 saturated heterocycles. The van der Waals surface area contributed by atoms with Gasteiger partial charge in [-0.3, -0.25) is 4.90 Å². The minimum absolute atomic E-state index is 0.0671. The zero-order valence-electron chi connectivity index (χ0n) is 14.7. The van der Waals surface area contributed by atoms with Gasteiger partial charge in [0.1, 0.15) is 11.6 Å². The van der Waals surface area contributed by atoms with Gasteiger partial charge in [0.2, 0.25) is 0 Å². The van der Waals surface area contributed by atoms with Crippen LogP contribution in [0.2, 0.25) is 0 Å². The van der Waals surface area contributed by atoms with Gasteiger partial charge in [0.15, 0.2) is 0 Å². The Bertz CT molecular complexity index is 663. The SMILES string of the molecule is CN(C)c1ccc(NC(=O)NC[C@@H](c2ccco2)N2CCCC2)cn1. The van der Waals surface area contributed by atoms with Crippen LogP contribution in [0.15, 0.2) is 41.1 Å². The van der Waals surface area contributed by atoms with E-state index in [0.29, 0.717) is 12.2 Å². The van der Waals surface area contributed by atoms with Gasteiger partial charge < -0.3 is 20.0 Å². The van der Waals surface area contributed by atoms with Gasteiger partial charge in [-0.1, -0.05) is 0 Å². The summed E-state index contributed by atoms with van der Waals surface area (Å²) in [4.78, 5) is 20.8. The molecule has 0 spiro atoms. The summed E-state index contributed by atoms with van der Waals surface area (Å²) in [6.45, 7) is 2.57. The molecule has 3 heterocycles. The number of hydrogen-bond acceptors (Lipinski definition) is 5. The van der Waals surface area contributed by atoms with Gasteiger partial charge in [-0.05, 0) is 50.2 Å². The van der Waals surface area contributed by atoms with Crippen LogP contribution in [-0.4, -0.2) is 49.6 Å². The van der Waals surface area contributed by atoms with Crippen LogP contribution in [-0.2, 0) is 0 Å². The molecule has 7 heteroatoms. The van der Waals surface area contributed by atoms with Crippen molar-refractivity contribution in [2.75, 3.05) is 43.9 Å². The molecule has 0 radical (unpaired) electrons. The number of pyridine rings is 1. The summed E-state index contributed by atoms with van der Waals surface area (Å²) in [5.74, 6) is 1.73. The third-order valence-electron chi connectivity index (χ3n) is 4.37. The Balaban J connectivity index is 1.56. The van der Waals surface area contributed by atoms with Crippen molar-refractivity contribution in [3.05, 3.63) is 42.5 Å². The monoisotopic (exact) mass is 343 g/mol. The van der Waals surface area contributed by atoms with E-state index in [-0.39, 0.29) is 12.1 Å². The van der Waals surface area contributed by atoms with E-state index in [2.05, 4.69) is 20.5 Å². The third kappa shape index (κ3) is 4.51. The molecule has 7 nitrogen and oxygen atoms in total. The van der Waals surface area contributed by atoms with Crippen LogP contribution in [0.3, 0.4) is 0 Å². The summed E-state index contributed by atoms with van der Waals surface area (Å²) in [5.41, 5.74) is 0.666. The highest BCUT2D eigenvalue weighted by Crippen LogP contribution is 2.24. The average molecular weight is 343 g/mol. The van der Waals surface area contributed by atoms with Crippen LogP contribution in [0.4, 0.5) is 16.3 Å². The van der Waals surface area contributed by atoms with Gasteiger partial charge in [0.25, 0.3) is 0 Å². The number of hydrogen-bond donors (Lipinski definition) is 2. The van der Waals surface area contributed by atoms with Crippen LogP contribution in [0.5, 0.6) is 0 Å². The average Bonchev–Trinajstić information content (AvgIpc) is 3.29. The van der Waals surface area contributed by atoms with E-state index >= 15 is 0 Å². The Hall–Kier alpha value is -2.54. The largest absolute Gasteiger partial charge is 0.468 e. The smallest absolute Gasteiger partial charge is 0.319 e. The minimum atomic E-state index is -0.241. The number of likely N-dealkylation sites (tertiary alicyclic amines) is 1. The quantitative estimate of drug-likeness (QED) is 0.844. The molecule has 0 bridgehead atoms. The van der Waals surface area contributed by atoms with Gasteiger partial charge in [0.05, 0.1) is 24.2 Å². The van der Waals surface area contributed by atoms with Gasteiger partial charge in [0, 0.05) is 20.6 Å². The van der Waals surface area contributed by atoms with E-state index in [4.69, 9.17) is 4.42 Å². The summed E-state index contributed by atoms with van der Waals surface area (Å²) in [6.07, 6.45) is 5.70. The van der Waals surface area contributed by atoms with Gasteiger partial charge in [-0.15, -0.1) is 0 Å². The molecule has 1 aliphatic heterocycles. The summed E-state index contributed by atoms with van der Waals surface area (Å²) < 4.78 is 5.57. The lowest BCUT2D eigenvalue weighted by atomic mass is 10.2. The molecule has 0 aliphatic carbocycles. The van der Waals surface area contributed by atoms with Crippen molar-refractivity contribution >= 4 is 17.5 Å². The maximum Gasteiger partial charge on any atom is 0.319 e. The van der Waals surface area contributed by atoms with Crippen molar-refractivity contribution < 1.29 is 9.21 Å². The molecule has 2 aromatic rings. The van der Waals surface area contributed by atoms with Crippen molar-refractivity contribution in [1.82, 2.24) is 15.2 Å². The molecule has 1 atom stereocenters. The lowest BCUT2D eigenvalue weighted by Crippen LogP contribution is -2.38. The van der Waals surface area contributed by atoms with Gasteiger partial charge in [-0.25, -0.2) is 9.78 Å². The first kappa shape index (κ1) is 17.3. The fraction of sp³-hybridized carbons (Fsp3) is 0.444. The number of anilines is 2. The second-order valence-electron chi connectivity index (χ2n) is 6.41. The van der Waals surface area contributed by atoms with Crippen molar-refractivity contribution in [2.45, 2.75) is 18.9 Å². The predicted octanol–water partition coefficient (Wildman–Crippen LogP) is 2.70. The highest BCUT2D eigenvalue weighted by molar-refractivity contribution is 5.89. The summed E-state index contributed by atoms with van der Waals surface area (Å²) in [5, 5.41) is 5.76. The summed E-state index contributed by atoms with van der Waals surface area (Å²) >= 11 is 0. The molecule has 0 saturated carbocycles. The number of nitrogens with one attached hydrogen (secondary N) is 2. The molecular formula is C18H25N5O2. The Labute approximate surface area is 148 Å². The van der Waals surface area contributed by atoms with Gasteiger partial charge >= 0.3 is 6.03 Å². The maximum absolute atomic E-state index is 12.2. The van der Waals surface area contributed by atoms with Crippen LogP contribution in [0, 0.1) is 0 Å². The number of rotatable bonds is 6. The minimum Gasteiger partial charge on any atom is -0.468 e. The van der Waals surface area contributed by atoms with E-state index in [0.717, 1.165) is 24.7 Å². The molecule has 1 fully saturated rings. The molecule has 2 amide bonds. The Kier molecular flexibility index (Phi) is 5.55. The third-order valence-corrected chi connectivity index (χ3v) is 4.37. The Morgan fingerprint density at radius 3 is 2.72 bits per heavy atom. The lowest BCUT2D eigenvalue weighted by molar-refractivity contribution is 0.207. The van der Waals surface area contributed by atoms with E-state index < -0.39 is 0 Å². The van der Waals surface area contributed by atoms with E-state index in [1.807, 2.05) is 43.3 Å². The van der Waals surface area contributed by atoms with Crippen LogP contribution in [0.25, 0.3) is 0 Å². The number of nitrogens with zero attached hydrogens (tertiary/aromatic N) is 3. The van der Waals surface area contributed by atoms with Crippen molar-refractivity contribution in [1.29, 1.82) is 0 Å². The number of aromatic nitrogens is 1. The number of urea groups is 1. The fourth-order valence-electron chi connectivity index (χ4n) is 3.03. The standard InChI is InChI=1S/C18H25N5O2/c1-22(2)17-8-7-14(12-19-17)21-18(24)20-13-15(16-6-5-11-25-16)23-9-3-4-10-23/h5-8,11-12,15H,3-4,9-10,13H2,1-2H3,(H2,20,21,24)/t15-/m0/s1. The summed E-state index contributed by atoms with van der Waals surface area (Å²) in [6, 6.07) is 7.38. The molecule has 0 aromatic carbocycles. The Morgan fingerprint density at radius 1 is 1.32 bits per heavy atom. The fourth-order valence-corrected chi connectivity index (χ4v) is 3.03. The highest BCUT2D eigenvalue weighted by Gasteiger charge is 2.25. The van der Waals surface area contributed by atoms with Crippen LogP contribution >= 0.6 is 0 Å². The van der Waals surface area contributed by atoms with Crippen LogP contribution in [0.1, 0.15) is 24.6 Å². The lowest BCUT2D eigenvalue weighted by Gasteiger charge is -2.26. The first-order valence-corrected chi connectivity index (χ1v) is 8.59. The number of furan rings is 1. The van der Waals surface area contributed by atoms with Crippen molar-refractivity contribution in [3.63, 3.8) is 0 Å². The molecule has 2 N–H and O–H groups in total. The summed E-state index contributed by atoms with van der Waals surface area (Å²) in [7, 11) is 3.85. The van der Waals surface area contributed by atoms with Crippen molar-refractivity contribution in [3.8, 4) is 0 Å². The second kappa shape index (κ2) is 8.02. The van der Waals surface area contributed by atoms with Crippen LogP contribution < -0.4 is 15.5 Å². The van der Waals surface area contributed by atoms with Gasteiger partial charge in [-0.2, -0.15) is 0 Å². The number of amides is 2. The number of carbonyl (C=O) groups excluding carboxylic acids is 1. The topological polar surface area (TPSA) is 73.6 Å². The highest BCUT2D eigenvalue weighted by atomic mass is 16.3. The normalized spacial score (nSPS) is 15.8. The molecular weight excluding hydrogens is 318 g/mol.